The van der Waals surface area contributed by atoms with Crippen molar-refractivity contribution in [3.8, 4) is 5.75 Å². The molecule has 34 heavy (non-hydrogen) atoms. The molecular weight excluding hydrogens is 430 g/mol. The van der Waals surface area contributed by atoms with Crippen LogP contribution in [0.2, 0.25) is 0 Å². The van der Waals surface area contributed by atoms with Crippen LogP contribution in [0.5, 0.6) is 5.75 Å². The molecule has 1 atom stereocenters. The minimum atomic E-state index is -0.331. The molecule has 2 aromatic heterocycles. The number of benzene rings is 2. The monoisotopic (exact) mass is 459 g/mol. The molecule has 176 valence electrons. The Balaban J connectivity index is 1.58. The molecule has 0 fully saturated rings. The van der Waals surface area contributed by atoms with Crippen molar-refractivity contribution in [3.63, 3.8) is 0 Å². The van der Waals surface area contributed by atoms with Crippen molar-refractivity contribution in [1.82, 2.24) is 18.7 Å². The smallest absolute Gasteiger partial charge is 0.332 e. The lowest BCUT2D eigenvalue weighted by molar-refractivity contribution is 0.414. The number of anilines is 2. The van der Waals surface area contributed by atoms with E-state index in [-0.39, 0.29) is 11.2 Å². The van der Waals surface area contributed by atoms with Crippen molar-refractivity contribution >= 4 is 22.8 Å². The highest BCUT2D eigenvalue weighted by molar-refractivity contribution is 5.77. The van der Waals surface area contributed by atoms with Gasteiger partial charge in [0, 0.05) is 38.4 Å². The topological polar surface area (TPSA) is 74.3 Å². The summed E-state index contributed by atoms with van der Waals surface area (Å²) in [6.07, 6.45) is 1.51. The average molecular weight is 460 g/mol. The van der Waals surface area contributed by atoms with Gasteiger partial charge in [-0.05, 0) is 36.5 Å². The molecule has 8 heteroatoms. The summed E-state index contributed by atoms with van der Waals surface area (Å²) in [5.74, 6) is 1.72. The fraction of sp³-hybridized carbons (Fsp3) is 0.346. The van der Waals surface area contributed by atoms with E-state index in [1.54, 1.807) is 14.2 Å². The summed E-state index contributed by atoms with van der Waals surface area (Å²) >= 11 is 0. The van der Waals surface area contributed by atoms with Gasteiger partial charge in [-0.1, -0.05) is 43.3 Å². The first-order valence-electron chi connectivity index (χ1n) is 11.6. The van der Waals surface area contributed by atoms with Crippen molar-refractivity contribution in [2.24, 2.45) is 13.0 Å². The highest BCUT2D eigenvalue weighted by Gasteiger charge is 2.30. The fourth-order valence-corrected chi connectivity index (χ4v) is 4.78. The van der Waals surface area contributed by atoms with Gasteiger partial charge in [0.1, 0.15) is 5.75 Å². The Kier molecular flexibility index (Phi) is 5.73. The highest BCUT2D eigenvalue weighted by atomic mass is 16.5. The van der Waals surface area contributed by atoms with Gasteiger partial charge in [0.2, 0.25) is 5.95 Å². The zero-order valence-corrected chi connectivity index (χ0v) is 19.8. The molecule has 3 heterocycles. The van der Waals surface area contributed by atoms with E-state index in [4.69, 9.17) is 9.72 Å². The third-order valence-corrected chi connectivity index (χ3v) is 6.50. The Bertz CT molecular complexity index is 1450. The molecule has 2 aromatic carbocycles. The second kappa shape index (κ2) is 8.85. The first-order chi connectivity index (χ1) is 16.5. The Hall–Kier alpha value is -3.81. The zero-order chi connectivity index (χ0) is 23.8. The van der Waals surface area contributed by atoms with Crippen LogP contribution in [0.15, 0.2) is 64.2 Å². The van der Waals surface area contributed by atoms with E-state index in [0.29, 0.717) is 42.5 Å². The van der Waals surface area contributed by atoms with Gasteiger partial charge < -0.3 is 14.2 Å². The van der Waals surface area contributed by atoms with Crippen LogP contribution in [0, 0.1) is 5.92 Å². The molecule has 0 N–H and O–H groups in total. The summed E-state index contributed by atoms with van der Waals surface area (Å²) in [4.78, 5) is 33.6. The van der Waals surface area contributed by atoms with Crippen LogP contribution in [0.1, 0.15) is 18.9 Å². The number of methoxy groups -OCH3 is 1. The van der Waals surface area contributed by atoms with Crippen LogP contribution >= 0.6 is 0 Å². The van der Waals surface area contributed by atoms with Gasteiger partial charge in [0.25, 0.3) is 5.56 Å². The van der Waals surface area contributed by atoms with Crippen LogP contribution in [0.25, 0.3) is 11.2 Å². The normalized spacial score (nSPS) is 15.5. The van der Waals surface area contributed by atoms with E-state index < -0.39 is 0 Å². The highest BCUT2D eigenvalue weighted by Crippen LogP contribution is 2.34. The first kappa shape index (κ1) is 22.0. The molecule has 0 aliphatic carbocycles. The third kappa shape index (κ3) is 3.79. The van der Waals surface area contributed by atoms with E-state index in [0.717, 1.165) is 24.4 Å². The summed E-state index contributed by atoms with van der Waals surface area (Å²) in [5.41, 5.74) is 2.43. The van der Waals surface area contributed by atoms with Crippen molar-refractivity contribution < 1.29 is 4.74 Å². The van der Waals surface area contributed by atoms with Crippen molar-refractivity contribution in [2.75, 3.05) is 18.6 Å². The summed E-state index contributed by atoms with van der Waals surface area (Å²) in [5, 5.41) is 0. The molecule has 0 saturated carbocycles. The summed E-state index contributed by atoms with van der Waals surface area (Å²) in [6.45, 7) is 3.95. The van der Waals surface area contributed by atoms with Gasteiger partial charge in [-0.3, -0.25) is 13.9 Å². The van der Waals surface area contributed by atoms with Gasteiger partial charge in [-0.25, -0.2) is 4.79 Å². The maximum absolute atomic E-state index is 13.6. The number of ether oxygens (including phenoxy) is 1. The average Bonchev–Trinajstić information content (AvgIpc) is 3.24. The first-order valence-corrected chi connectivity index (χ1v) is 11.6. The Morgan fingerprint density at radius 2 is 1.85 bits per heavy atom. The van der Waals surface area contributed by atoms with Crippen LogP contribution < -0.4 is 20.9 Å². The largest absolute Gasteiger partial charge is 0.497 e. The Morgan fingerprint density at radius 3 is 2.62 bits per heavy atom. The van der Waals surface area contributed by atoms with Gasteiger partial charge in [-0.2, -0.15) is 4.98 Å². The minimum Gasteiger partial charge on any atom is -0.497 e. The molecule has 5 rings (SSSR count). The van der Waals surface area contributed by atoms with Gasteiger partial charge in [0.05, 0.1) is 7.11 Å². The summed E-state index contributed by atoms with van der Waals surface area (Å²) in [7, 11) is 3.33. The number of fused-ring (bicyclic) bond motifs is 3. The van der Waals surface area contributed by atoms with Crippen LogP contribution in [-0.2, 0) is 26.6 Å². The van der Waals surface area contributed by atoms with E-state index in [1.165, 1.54) is 14.7 Å². The number of imidazole rings is 1. The van der Waals surface area contributed by atoms with Crippen molar-refractivity contribution in [2.45, 2.75) is 32.9 Å². The Labute approximate surface area is 197 Å². The van der Waals surface area contributed by atoms with E-state index in [9.17, 15) is 9.59 Å². The van der Waals surface area contributed by atoms with Crippen molar-refractivity contribution in [1.29, 1.82) is 0 Å². The van der Waals surface area contributed by atoms with Gasteiger partial charge >= 0.3 is 5.69 Å². The number of hydrogen-bond donors (Lipinski definition) is 0. The Morgan fingerprint density at radius 1 is 1.06 bits per heavy atom. The molecule has 1 aliphatic rings. The molecule has 8 nitrogen and oxygen atoms in total. The van der Waals surface area contributed by atoms with Crippen LogP contribution in [0.4, 0.5) is 11.6 Å². The lowest BCUT2D eigenvalue weighted by Crippen LogP contribution is -2.40. The zero-order valence-electron chi connectivity index (χ0n) is 19.8. The number of aryl methyl sites for hydroxylation is 2. The lowest BCUT2D eigenvalue weighted by Gasteiger charge is -2.33. The van der Waals surface area contributed by atoms with E-state index in [1.807, 2.05) is 47.0 Å². The van der Waals surface area contributed by atoms with Crippen molar-refractivity contribution in [3.05, 3.63) is 81.0 Å². The van der Waals surface area contributed by atoms with E-state index in [2.05, 4.69) is 24.0 Å². The molecule has 1 aliphatic heterocycles. The second-order valence-corrected chi connectivity index (χ2v) is 9.00. The van der Waals surface area contributed by atoms with E-state index >= 15 is 0 Å². The minimum absolute atomic E-state index is 0.274. The molecule has 0 radical (unpaired) electrons. The molecule has 0 unspecified atom stereocenters. The van der Waals surface area contributed by atoms with Gasteiger partial charge in [0.15, 0.2) is 11.2 Å². The number of nitrogens with zero attached hydrogens (tertiary/aromatic N) is 5. The maximum Gasteiger partial charge on any atom is 0.332 e. The number of aromatic nitrogens is 4. The summed E-state index contributed by atoms with van der Waals surface area (Å²) in [6, 6.07) is 17.9. The molecule has 4 aromatic rings. The molecule has 0 bridgehead atoms. The number of hydrogen-bond acceptors (Lipinski definition) is 5. The maximum atomic E-state index is 13.6. The predicted molar refractivity (Wildman–Crippen MR) is 133 cm³/mol. The fourth-order valence-electron chi connectivity index (χ4n) is 4.78. The summed E-state index contributed by atoms with van der Waals surface area (Å²) < 4.78 is 10.2. The predicted octanol–water partition coefficient (Wildman–Crippen LogP) is 3.33. The third-order valence-electron chi connectivity index (χ3n) is 6.50. The SMILES string of the molecule is COc1cccc(N2C[C@@H](C)Cn3c2nc2c3c(=O)n(CCCc3ccccc3)c(=O)n2C)c1. The molecule has 0 saturated heterocycles. The van der Waals surface area contributed by atoms with Crippen LogP contribution in [-0.4, -0.2) is 32.3 Å². The standard InChI is InChI=1S/C26H29N5O3/c1-18-16-30(20-12-7-13-21(15-20)34-3)25-27-23-22(31(25)17-18)24(32)29(26(33)28(23)2)14-8-11-19-9-5-4-6-10-19/h4-7,9-10,12-13,15,18H,8,11,14,16-17H2,1-3H3/t18-/m1/s1. The quantitative estimate of drug-likeness (QED) is 0.442. The number of rotatable bonds is 6. The molecule has 0 amide bonds. The van der Waals surface area contributed by atoms with Gasteiger partial charge in [-0.15, -0.1) is 0 Å². The molecular formula is C26H29N5O3. The lowest BCUT2D eigenvalue weighted by atomic mass is 10.1. The van der Waals surface area contributed by atoms with Crippen LogP contribution in [0.3, 0.4) is 0 Å². The molecule has 0 spiro atoms. The second-order valence-electron chi connectivity index (χ2n) is 9.00.